The Morgan fingerprint density at radius 2 is 1.61 bits per heavy atom. The normalized spacial score (nSPS) is 17.1. The highest BCUT2D eigenvalue weighted by Gasteiger charge is 2.20. The van der Waals surface area contributed by atoms with Crippen molar-refractivity contribution < 1.29 is 9.59 Å². The maximum absolute atomic E-state index is 13.9. The molecule has 226 valence electrons. The van der Waals surface area contributed by atoms with E-state index in [0.717, 1.165) is 23.2 Å². The first kappa shape index (κ1) is 30.6. The first-order valence-electron chi connectivity index (χ1n) is 15.4. The molecule has 3 aromatic rings. The molecule has 0 radical (unpaired) electrons. The Kier molecular flexibility index (Phi) is 10.1. The van der Waals surface area contributed by atoms with Gasteiger partial charge in [0.15, 0.2) is 0 Å². The Labute approximate surface area is 259 Å². The lowest BCUT2D eigenvalue weighted by molar-refractivity contribution is -0.118. The zero-order valence-corrected chi connectivity index (χ0v) is 25.2. The van der Waals surface area contributed by atoms with Crippen molar-refractivity contribution >= 4 is 29.0 Å². The van der Waals surface area contributed by atoms with Crippen LogP contribution in [0.3, 0.4) is 0 Å². The molecule has 44 heavy (non-hydrogen) atoms. The van der Waals surface area contributed by atoms with E-state index in [1.165, 1.54) is 48.8 Å². The lowest BCUT2D eigenvalue weighted by atomic mass is 9.84. The van der Waals surface area contributed by atoms with E-state index in [9.17, 15) is 9.59 Å². The zero-order chi connectivity index (χ0) is 30.9. The summed E-state index contributed by atoms with van der Waals surface area (Å²) in [6.07, 6.45) is 14.1. The van der Waals surface area contributed by atoms with Crippen LogP contribution in [-0.4, -0.2) is 17.8 Å². The maximum atomic E-state index is 13.9. The molecule has 0 saturated heterocycles. The number of hydrogen-bond donors (Lipinski definition) is 3. The van der Waals surface area contributed by atoms with E-state index < -0.39 is 5.91 Å². The van der Waals surface area contributed by atoms with Crippen LogP contribution in [0.4, 0.5) is 5.69 Å². The minimum absolute atomic E-state index is 0.000667. The van der Waals surface area contributed by atoms with Gasteiger partial charge in [-0.05, 0) is 83.2 Å². The minimum atomic E-state index is -0.471. The van der Waals surface area contributed by atoms with Crippen molar-refractivity contribution in [2.45, 2.75) is 64.3 Å². The number of nitrogens with one attached hydrogen (secondary N) is 2. The van der Waals surface area contributed by atoms with Crippen LogP contribution in [-0.2, 0) is 17.8 Å². The molecule has 0 aliphatic heterocycles. The molecule has 1 atom stereocenters. The third-order valence-corrected chi connectivity index (χ3v) is 8.55. The summed E-state index contributed by atoms with van der Waals surface area (Å²) in [5.74, 6) is 5.50. The number of carbonyl (C=O) groups excluding carboxylic acids is 2. The van der Waals surface area contributed by atoms with E-state index >= 15 is 0 Å². The van der Waals surface area contributed by atoms with Gasteiger partial charge in [-0.15, -0.1) is 10.2 Å². The molecule has 1 fully saturated rings. The molecule has 2 aliphatic rings. The molecule has 1 saturated carbocycles. The maximum Gasteiger partial charge on any atom is 0.265 e. The molecule has 4 N–H and O–H groups in total. The average molecular weight is 589 g/mol. The fourth-order valence-electron chi connectivity index (χ4n) is 6.06. The number of amides is 2. The molecule has 0 aromatic heterocycles. The molecule has 1 unspecified atom stereocenters. The van der Waals surface area contributed by atoms with E-state index in [-0.39, 0.29) is 18.3 Å². The summed E-state index contributed by atoms with van der Waals surface area (Å²) in [6.45, 7) is 2.58. The molecule has 8 nitrogen and oxygen atoms in total. The summed E-state index contributed by atoms with van der Waals surface area (Å²) < 4.78 is 0. The molecule has 2 amide bonds. The number of anilines is 1. The fourth-order valence-corrected chi connectivity index (χ4v) is 6.06. The smallest absolute Gasteiger partial charge is 0.265 e. The van der Waals surface area contributed by atoms with Crippen LogP contribution < -0.4 is 16.1 Å². The molecule has 5 rings (SSSR count). The standard InChI is InChI=1S/C36H40N6O2/c1-25-6-5-9-32(22-25)30-14-10-26(11-15-30)23-34(43)42(33-20-18-29(19-21-33)28-7-3-2-4-8-28)24-27-12-16-31(17-13-27)35(44)39-36(40-37)41-38/h5-6,9-21,25,28,37H,2-4,7-8,22-24,38H2,1H3,(H,39,41,44). The fraction of sp³-hybridized carbons (Fsp3) is 0.306. The Hall–Kier alpha value is -4.85. The highest BCUT2D eigenvalue weighted by molar-refractivity contribution is 6.05. The van der Waals surface area contributed by atoms with E-state index in [2.05, 4.69) is 89.2 Å². The molecule has 0 bridgehead atoms. The van der Waals surface area contributed by atoms with E-state index in [1.54, 1.807) is 12.1 Å². The molecular formula is C36H40N6O2. The second-order valence-corrected chi connectivity index (χ2v) is 11.8. The second-order valence-electron chi connectivity index (χ2n) is 11.8. The highest BCUT2D eigenvalue weighted by Crippen LogP contribution is 2.34. The number of nitrogens with two attached hydrogens (primary N) is 1. The number of carbonyl (C=O) groups is 2. The number of allylic oxidation sites excluding steroid dienone is 4. The molecule has 2 aliphatic carbocycles. The Morgan fingerprint density at radius 3 is 2.25 bits per heavy atom. The summed E-state index contributed by atoms with van der Waals surface area (Å²) in [5.41, 5.74) is 13.9. The van der Waals surface area contributed by atoms with Gasteiger partial charge in [-0.2, -0.15) is 0 Å². The number of nitrogens with zero attached hydrogens (tertiary/aromatic N) is 3. The lowest BCUT2D eigenvalue weighted by Crippen LogP contribution is -2.32. The van der Waals surface area contributed by atoms with Gasteiger partial charge >= 0.3 is 0 Å². The summed E-state index contributed by atoms with van der Waals surface area (Å²) in [7, 11) is 0. The summed E-state index contributed by atoms with van der Waals surface area (Å²) >= 11 is 0. The van der Waals surface area contributed by atoms with Crippen molar-refractivity contribution in [1.82, 2.24) is 5.32 Å². The largest absolute Gasteiger partial charge is 0.320 e. The number of guanidine groups is 1. The van der Waals surface area contributed by atoms with Crippen LogP contribution in [0.5, 0.6) is 0 Å². The third-order valence-electron chi connectivity index (χ3n) is 8.55. The van der Waals surface area contributed by atoms with Crippen molar-refractivity contribution in [3.05, 3.63) is 119 Å². The van der Waals surface area contributed by atoms with Crippen molar-refractivity contribution in [3.63, 3.8) is 0 Å². The summed E-state index contributed by atoms with van der Waals surface area (Å²) in [6, 6.07) is 23.8. The third kappa shape index (κ3) is 7.75. The first-order chi connectivity index (χ1) is 21.4. The number of rotatable bonds is 8. The Bertz CT molecular complexity index is 1550. The van der Waals surface area contributed by atoms with Gasteiger partial charge < -0.3 is 10.7 Å². The van der Waals surface area contributed by atoms with Crippen LogP contribution in [0.1, 0.15) is 84.0 Å². The van der Waals surface area contributed by atoms with Gasteiger partial charge in [-0.25, -0.2) is 5.53 Å². The Morgan fingerprint density at radius 1 is 0.932 bits per heavy atom. The van der Waals surface area contributed by atoms with Crippen molar-refractivity contribution in [2.24, 2.45) is 22.0 Å². The number of hydrazone groups is 1. The van der Waals surface area contributed by atoms with Crippen LogP contribution in [0.15, 0.2) is 101 Å². The van der Waals surface area contributed by atoms with Gasteiger partial charge in [0.05, 0.1) is 13.0 Å². The van der Waals surface area contributed by atoms with Gasteiger partial charge in [-0.3, -0.25) is 14.9 Å². The van der Waals surface area contributed by atoms with Crippen LogP contribution in [0.2, 0.25) is 0 Å². The average Bonchev–Trinajstić information content (AvgIpc) is 3.07. The van der Waals surface area contributed by atoms with E-state index in [0.29, 0.717) is 23.9 Å². The molecule has 0 heterocycles. The predicted molar refractivity (Wildman–Crippen MR) is 175 cm³/mol. The Balaban J connectivity index is 1.34. The number of benzene rings is 3. The topological polar surface area (TPSA) is 124 Å². The van der Waals surface area contributed by atoms with E-state index in [1.807, 2.05) is 17.0 Å². The minimum Gasteiger partial charge on any atom is -0.320 e. The summed E-state index contributed by atoms with van der Waals surface area (Å²) in [5, 5.41) is 8.73. The lowest BCUT2D eigenvalue weighted by Gasteiger charge is -2.26. The number of hydrogen-bond acceptors (Lipinski definition) is 5. The molecule has 3 aromatic carbocycles. The van der Waals surface area contributed by atoms with Crippen molar-refractivity contribution in [1.29, 1.82) is 5.53 Å². The van der Waals surface area contributed by atoms with Gasteiger partial charge in [0.1, 0.15) is 0 Å². The van der Waals surface area contributed by atoms with Gasteiger partial charge in [0.25, 0.3) is 11.9 Å². The molecule has 8 heteroatoms. The van der Waals surface area contributed by atoms with Gasteiger partial charge in [0, 0.05) is 11.3 Å². The van der Waals surface area contributed by atoms with Gasteiger partial charge in [0.2, 0.25) is 5.91 Å². The van der Waals surface area contributed by atoms with Crippen LogP contribution >= 0.6 is 0 Å². The van der Waals surface area contributed by atoms with Crippen molar-refractivity contribution in [3.8, 4) is 0 Å². The monoisotopic (exact) mass is 588 g/mol. The SMILES string of the molecule is CC1C=CC=C(c2ccc(CC(=O)N(Cc3ccc(C(=O)N/C(N=N)=N/N)cc3)c3ccc(C4CCCCC4)cc3)cc2)C1. The first-order valence-corrected chi connectivity index (χ1v) is 15.4. The molecule has 0 spiro atoms. The van der Waals surface area contributed by atoms with Gasteiger partial charge in [-0.1, -0.05) is 92.9 Å². The molecular weight excluding hydrogens is 548 g/mol. The van der Waals surface area contributed by atoms with Crippen molar-refractivity contribution in [2.75, 3.05) is 4.90 Å². The predicted octanol–water partition coefficient (Wildman–Crippen LogP) is 7.48. The van der Waals surface area contributed by atoms with Crippen LogP contribution in [0.25, 0.3) is 5.57 Å². The zero-order valence-electron chi connectivity index (χ0n) is 25.2. The second kappa shape index (κ2) is 14.6. The summed E-state index contributed by atoms with van der Waals surface area (Å²) in [4.78, 5) is 28.2. The van der Waals surface area contributed by atoms with Crippen LogP contribution in [0, 0.1) is 11.4 Å². The quantitative estimate of drug-likeness (QED) is 0.0831. The van der Waals surface area contributed by atoms with E-state index in [4.69, 9.17) is 11.4 Å². The highest BCUT2D eigenvalue weighted by atomic mass is 16.2.